The Labute approximate surface area is 411 Å². The number of allylic oxidation sites excluding steroid dienone is 1. The summed E-state index contributed by atoms with van der Waals surface area (Å²) in [6, 6.07) is 11.0. The SMILES string of the molecule is C=C(C)c1cn(-c2c(Cl)cccc2Cl)c(=O)c2cnc(Nc3cnn(C4CCNCC4)c3)nc12.CCc1cn(-c2c(Cl)cccc2Cl)c(=O)c2cnc(Nc3cnn(C4CCN(C)CC4)c3)nc12. The molecule has 68 heavy (non-hydrogen) atoms. The second-order valence-corrected chi connectivity index (χ2v) is 18.5. The average molecular weight is 995 g/mol. The molecule has 0 saturated carbocycles. The van der Waals surface area contributed by atoms with E-state index in [9.17, 15) is 9.59 Å². The maximum Gasteiger partial charge on any atom is 0.266 e. The van der Waals surface area contributed by atoms with Crippen LogP contribution in [0.1, 0.15) is 62.7 Å². The average Bonchev–Trinajstić information content (AvgIpc) is 4.01. The molecular weight excluding hydrogens is 946 g/mol. The van der Waals surface area contributed by atoms with Crippen LogP contribution in [-0.2, 0) is 6.42 Å². The van der Waals surface area contributed by atoms with Gasteiger partial charge in [-0.15, -0.1) is 0 Å². The number of aryl methyl sites for hydroxylation is 1. The fourth-order valence-corrected chi connectivity index (χ4v) is 9.73. The third-order valence-electron chi connectivity index (χ3n) is 12.2. The van der Waals surface area contributed by atoms with Gasteiger partial charge in [0.15, 0.2) is 0 Å². The fraction of sp³-hybridized carbons (Fsp3) is 0.292. The Morgan fingerprint density at radius 1 is 0.691 bits per heavy atom. The van der Waals surface area contributed by atoms with Crippen LogP contribution in [0, 0.1) is 0 Å². The zero-order chi connectivity index (χ0) is 47.6. The zero-order valence-electron chi connectivity index (χ0n) is 37.6. The molecule has 2 fully saturated rings. The van der Waals surface area contributed by atoms with Crippen molar-refractivity contribution in [2.75, 3.05) is 43.9 Å². The third kappa shape index (κ3) is 9.75. The number of nitrogens with zero attached hydrogens (tertiary/aromatic N) is 11. The Bertz CT molecular complexity index is 3260. The molecule has 2 aromatic carbocycles. The number of fused-ring (bicyclic) bond motifs is 2. The van der Waals surface area contributed by atoms with E-state index in [1.807, 2.05) is 35.6 Å². The lowest BCUT2D eigenvalue weighted by Gasteiger charge is -2.28. The largest absolute Gasteiger partial charge is 0.321 e. The van der Waals surface area contributed by atoms with Crippen molar-refractivity contribution in [2.45, 2.75) is 58.0 Å². The van der Waals surface area contributed by atoms with E-state index in [1.54, 1.807) is 67.4 Å². The topological polar surface area (TPSA) is 171 Å². The van der Waals surface area contributed by atoms with Crippen molar-refractivity contribution >= 4 is 97.1 Å². The first-order chi connectivity index (χ1) is 32.9. The smallest absolute Gasteiger partial charge is 0.266 e. The third-order valence-corrected chi connectivity index (χ3v) is 13.5. The highest BCUT2D eigenvalue weighted by atomic mass is 35.5. The first-order valence-electron chi connectivity index (χ1n) is 22.3. The van der Waals surface area contributed by atoms with Gasteiger partial charge in [0.1, 0.15) is 0 Å². The van der Waals surface area contributed by atoms with Gasteiger partial charge in [0.05, 0.1) is 89.1 Å². The molecule has 0 atom stereocenters. The molecule has 8 heterocycles. The maximum atomic E-state index is 13.4. The van der Waals surface area contributed by atoms with Crippen molar-refractivity contribution in [3.05, 3.63) is 144 Å². The Hall–Kier alpha value is -6.14. The van der Waals surface area contributed by atoms with E-state index in [0.29, 0.717) is 89.2 Å². The summed E-state index contributed by atoms with van der Waals surface area (Å²) in [5.74, 6) is 0.783. The predicted octanol–water partition coefficient (Wildman–Crippen LogP) is 9.84. The molecule has 10 rings (SSSR count). The summed E-state index contributed by atoms with van der Waals surface area (Å²) in [6.07, 6.45) is 18.9. The van der Waals surface area contributed by atoms with Crippen molar-refractivity contribution in [3.8, 4) is 11.4 Å². The lowest BCUT2D eigenvalue weighted by atomic mass is 10.1. The highest BCUT2D eigenvalue weighted by molar-refractivity contribution is 6.38. The number of rotatable bonds is 10. The standard InChI is InChI=1S/C24H23Cl2N7O.C24H25Cl2N7O/c1-14(2)18-13-32(22-19(25)4-3-5-20(22)26)23(34)17-11-28-24(31-21(17)18)30-15-10-29-33(12-15)16-6-8-27-9-7-16;1-3-15-13-32(22-19(25)5-4-6-20(22)26)23(34)18-12-27-24(30-21(15)18)29-16-11-28-33(14-16)17-7-9-31(2)10-8-17/h3-5,10-13,16,27H,1,6-9H2,2H3,(H,28,30,31);4-6,11-14,17H,3,7-10H2,1-2H3,(H,27,29,30). The van der Waals surface area contributed by atoms with Gasteiger partial charge in [-0.3, -0.25) is 28.1 Å². The number of halogens is 4. The lowest BCUT2D eigenvalue weighted by molar-refractivity contribution is 0.212. The molecule has 3 N–H and O–H groups in total. The molecule has 2 saturated heterocycles. The molecule has 2 aliphatic heterocycles. The maximum absolute atomic E-state index is 13.4. The molecule has 0 bridgehead atoms. The molecule has 20 heteroatoms. The molecular formula is C48H48Cl4N14O2. The van der Waals surface area contributed by atoms with Gasteiger partial charge >= 0.3 is 0 Å². The van der Waals surface area contributed by atoms with Crippen LogP contribution in [0.15, 0.2) is 102 Å². The summed E-state index contributed by atoms with van der Waals surface area (Å²) < 4.78 is 6.90. The van der Waals surface area contributed by atoms with Crippen LogP contribution in [0.3, 0.4) is 0 Å². The lowest BCUT2D eigenvalue weighted by Crippen LogP contribution is -2.31. The number of aromatic nitrogens is 10. The van der Waals surface area contributed by atoms with Gasteiger partial charge in [-0.25, -0.2) is 19.9 Å². The summed E-state index contributed by atoms with van der Waals surface area (Å²) in [5, 5.41) is 21.1. The van der Waals surface area contributed by atoms with Gasteiger partial charge in [-0.2, -0.15) is 10.2 Å². The van der Waals surface area contributed by atoms with Crippen LogP contribution < -0.4 is 27.1 Å². The minimum atomic E-state index is -0.319. The van der Waals surface area contributed by atoms with E-state index in [-0.39, 0.29) is 11.1 Å². The molecule has 0 spiro atoms. The van der Waals surface area contributed by atoms with Gasteiger partial charge in [-0.05, 0) is 108 Å². The van der Waals surface area contributed by atoms with Crippen LogP contribution >= 0.6 is 46.4 Å². The van der Waals surface area contributed by atoms with E-state index in [0.717, 1.165) is 74.4 Å². The van der Waals surface area contributed by atoms with E-state index in [4.69, 9.17) is 46.4 Å². The van der Waals surface area contributed by atoms with Crippen LogP contribution in [0.4, 0.5) is 23.3 Å². The van der Waals surface area contributed by atoms with Crippen LogP contribution in [-0.4, -0.2) is 86.8 Å². The Balaban J connectivity index is 0.000000170. The van der Waals surface area contributed by atoms with Gasteiger partial charge in [0, 0.05) is 42.7 Å². The molecule has 0 radical (unpaired) electrons. The minimum Gasteiger partial charge on any atom is -0.321 e. The summed E-state index contributed by atoms with van der Waals surface area (Å²) in [7, 11) is 2.14. The number of piperidine rings is 2. The normalized spacial score (nSPS) is 14.8. The summed E-state index contributed by atoms with van der Waals surface area (Å²) in [6.45, 7) is 12.1. The number of hydrogen-bond acceptors (Lipinski definition) is 12. The van der Waals surface area contributed by atoms with Crippen molar-refractivity contribution in [2.24, 2.45) is 0 Å². The summed E-state index contributed by atoms with van der Waals surface area (Å²) in [5.41, 5.74) is 5.29. The number of pyridine rings is 2. The molecule has 0 amide bonds. The molecule has 8 aromatic rings. The molecule has 0 unspecified atom stereocenters. The number of hydrogen-bond donors (Lipinski definition) is 3. The second kappa shape index (κ2) is 20.2. The number of benzene rings is 2. The van der Waals surface area contributed by atoms with Crippen LogP contribution in [0.25, 0.3) is 38.8 Å². The molecule has 2 aliphatic rings. The Morgan fingerprint density at radius 3 is 1.66 bits per heavy atom. The van der Waals surface area contributed by atoms with E-state index >= 15 is 0 Å². The first kappa shape index (κ1) is 46.9. The fourth-order valence-electron chi connectivity index (χ4n) is 8.57. The number of likely N-dealkylation sites (tertiary alicyclic amines) is 1. The Morgan fingerprint density at radius 2 is 1.16 bits per heavy atom. The molecule has 350 valence electrons. The van der Waals surface area contributed by atoms with Crippen molar-refractivity contribution in [3.63, 3.8) is 0 Å². The monoisotopic (exact) mass is 992 g/mol. The van der Waals surface area contributed by atoms with E-state index < -0.39 is 0 Å². The number of nitrogens with one attached hydrogen (secondary N) is 3. The predicted molar refractivity (Wildman–Crippen MR) is 272 cm³/mol. The molecule has 16 nitrogen and oxygen atoms in total. The van der Waals surface area contributed by atoms with Gasteiger partial charge in [-0.1, -0.05) is 72.0 Å². The highest BCUT2D eigenvalue weighted by Gasteiger charge is 2.22. The Kier molecular flexibility index (Phi) is 14.0. The number of anilines is 4. The van der Waals surface area contributed by atoms with Crippen molar-refractivity contribution < 1.29 is 0 Å². The van der Waals surface area contributed by atoms with Crippen molar-refractivity contribution in [1.29, 1.82) is 0 Å². The minimum absolute atomic E-state index is 0.274. The van der Waals surface area contributed by atoms with Crippen molar-refractivity contribution in [1.82, 2.24) is 58.8 Å². The summed E-state index contributed by atoms with van der Waals surface area (Å²) in [4.78, 5) is 47.1. The van der Waals surface area contributed by atoms with Crippen LogP contribution in [0.5, 0.6) is 0 Å². The van der Waals surface area contributed by atoms with Gasteiger partial charge in [0.25, 0.3) is 11.1 Å². The quantitative estimate of drug-likeness (QED) is 0.119. The highest BCUT2D eigenvalue weighted by Crippen LogP contribution is 2.32. The first-order valence-corrected chi connectivity index (χ1v) is 23.8. The summed E-state index contributed by atoms with van der Waals surface area (Å²) >= 11 is 25.5. The second-order valence-electron chi connectivity index (χ2n) is 16.9. The van der Waals surface area contributed by atoms with Gasteiger partial charge in [0.2, 0.25) is 11.9 Å². The molecule has 0 aliphatic carbocycles. The van der Waals surface area contributed by atoms with Crippen LogP contribution in [0.2, 0.25) is 20.1 Å². The zero-order valence-corrected chi connectivity index (χ0v) is 40.6. The number of para-hydroxylation sites is 2. The molecule has 6 aromatic heterocycles. The van der Waals surface area contributed by atoms with E-state index in [1.165, 1.54) is 15.3 Å². The van der Waals surface area contributed by atoms with E-state index in [2.05, 4.69) is 64.6 Å². The van der Waals surface area contributed by atoms with Gasteiger partial charge < -0.3 is 20.9 Å².